The van der Waals surface area contributed by atoms with Crippen molar-refractivity contribution in [3.63, 3.8) is 0 Å². The lowest BCUT2D eigenvalue weighted by Crippen LogP contribution is -2.48. The Morgan fingerprint density at radius 2 is 2.22 bits per heavy atom. The molecule has 1 aliphatic rings. The summed E-state index contributed by atoms with van der Waals surface area (Å²) in [4.78, 5) is 28.5. The minimum absolute atomic E-state index is 0.0872. The van der Waals surface area contributed by atoms with Crippen LogP contribution in [0.4, 0.5) is 0 Å². The van der Waals surface area contributed by atoms with Crippen molar-refractivity contribution in [1.82, 2.24) is 14.5 Å². The first-order valence-corrected chi connectivity index (χ1v) is 6.16. The van der Waals surface area contributed by atoms with Crippen LogP contribution in [0.3, 0.4) is 0 Å². The summed E-state index contributed by atoms with van der Waals surface area (Å²) < 4.78 is 1.82. The van der Waals surface area contributed by atoms with Crippen LogP contribution >= 0.6 is 0 Å². The largest absolute Gasteiger partial charge is 0.480 e. The zero-order valence-corrected chi connectivity index (χ0v) is 10.2. The van der Waals surface area contributed by atoms with Crippen LogP contribution in [-0.2, 0) is 16.1 Å². The van der Waals surface area contributed by atoms with Crippen LogP contribution in [0.5, 0.6) is 0 Å². The minimum Gasteiger partial charge on any atom is -0.480 e. The van der Waals surface area contributed by atoms with E-state index >= 15 is 0 Å². The van der Waals surface area contributed by atoms with Crippen LogP contribution in [0.25, 0.3) is 0 Å². The number of aromatic nitrogens is 2. The molecule has 1 amide bonds. The Morgan fingerprint density at radius 3 is 2.89 bits per heavy atom. The van der Waals surface area contributed by atoms with Crippen molar-refractivity contribution >= 4 is 11.9 Å². The lowest BCUT2D eigenvalue weighted by atomic mass is 10.0. The molecule has 1 aromatic rings. The van der Waals surface area contributed by atoms with Gasteiger partial charge in [-0.2, -0.15) is 0 Å². The van der Waals surface area contributed by atoms with Gasteiger partial charge >= 0.3 is 5.97 Å². The molecule has 0 aliphatic carbocycles. The summed E-state index contributed by atoms with van der Waals surface area (Å²) in [5.41, 5.74) is 0. The maximum atomic E-state index is 12.0. The van der Waals surface area contributed by atoms with Gasteiger partial charge in [0.25, 0.3) is 0 Å². The van der Waals surface area contributed by atoms with Crippen molar-refractivity contribution in [2.45, 2.75) is 38.3 Å². The van der Waals surface area contributed by atoms with Gasteiger partial charge < -0.3 is 14.6 Å². The summed E-state index contributed by atoms with van der Waals surface area (Å²) in [5.74, 6) is -0.985. The van der Waals surface area contributed by atoms with Gasteiger partial charge in [0, 0.05) is 31.9 Å². The molecule has 6 heteroatoms. The van der Waals surface area contributed by atoms with E-state index in [9.17, 15) is 9.59 Å². The number of nitrogens with zero attached hydrogens (tertiary/aromatic N) is 3. The molecule has 1 saturated heterocycles. The van der Waals surface area contributed by atoms with Crippen molar-refractivity contribution in [2.24, 2.45) is 0 Å². The van der Waals surface area contributed by atoms with Gasteiger partial charge in [0.1, 0.15) is 6.04 Å². The molecule has 98 valence electrons. The van der Waals surface area contributed by atoms with E-state index in [1.165, 1.54) is 4.90 Å². The molecule has 6 nitrogen and oxygen atoms in total. The van der Waals surface area contributed by atoms with Crippen molar-refractivity contribution < 1.29 is 14.7 Å². The maximum Gasteiger partial charge on any atom is 0.326 e. The second-order valence-electron chi connectivity index (χ2n) is 4.49. The van der Waals surface area contributed by atoms with Gasteiger partial charge in [0.05, 0.1) is 6.33 Å². The van der Waals surface area contributed by atoms with E-state index in [4.69, 9.17) is 5.11 Å². The van der Waals surface area contributed by atoms with E-state index in [0.717, 1.165) is 12.8 Å². The Balaban J connectivity index is 1.92. The van der Waals surface area contributed by atoms with E-state index in [-0.39, 0.29) is 5.91 Å². The third-order valence-corrected chi connectivity index (χ3v) is 3.25. The van der Waals surface area contributed by atoms with E-state index < -0.39 is 12.0 Å². The third-order valence-electron chi connectivity index (χ3n) is 3.25. The van der Waals surface area contributed by atoms with E-state index in [2.05, 4.69) is 4.98 Å². The Kier molecular flexibility index (Phi) is 3.96. The Bertz CT molecular complexity index is 416. The molecular weight excluding hydrogens is 234 g/mol. The maximum absolute atomic E-state index is 12.0. The summed E-state index contributed by atoms with van der Waals surface area (Å²) in [6, 6.07) is -0.644. The number of amides is 1. The fourth-order valence-corrected chi connectivity index (χ4v) is 2.27. The lowest BCUT2D eigenvalue weighted by Gasteiger charge is -2.33. The molecule has 1 atom stereocenters. The molecule has 0 unspecified atom stereocenters. The monoisotopic (exact) mass is 251 g/mol. The first-order valence-electron chi connectivity index (χ1n) is 6.16. The first-order chi connectivity index (χ1) is 8.68. The molecule has 0 radical (unpaired) electrons. The van der Waals surface area contributed by atoms with Gasteiger partial charge in [-0.05, 0) is 19.3 Å². The zero-order chi connectivity index (χ0) is 13.0. The number of likely N-dealkylation sites (tertiary alicyclic amines) is 1. The van der Waals surface area contributed by atoms with Gasteiger partial charge in [-0.25, -0.2) is 9.78 Å². The first kappa shape index (κ1) is 12.6. The molecule has 1 fully saturated rings. The number of carbonyl (C=O) groups is 2. The van der Waals surface area contributed by atoms with Gasteiger partial charge in [0.15, 0.2) is 0 Å². The van der Waals surface area contributed by atoms with Gasteiger partial charge in [-0.3, -0.25) is 4.79 Å². The fourth-order valence-electron chi connectivity index (χ4n) is 2.27. The number of piperidine rings is 1. The number of carboxylic acid groups (broad SMARTS) is 1. The predicted molar refractivity (Wildman–Crippen MR) is 63.8 cm³/mol. The van der Waals surface area contributed by atoms with Crippen LogP contribution in [-0.4, -0.2) is 44.0 Å². The molecule has 0 aromatic carbocycles. The standard InChI is InChI=1S/C12H17N3O3/c16-11(4-7-14-8-5-13-9-14)15-6-2-1-3-10(15)12(17)18/h5,8-10H,1-4,6-7H2,(H,17,18)/t10-/m0/s1. The van der Waals surface area contributed by atoms with Gasteiger partial charge in [-0.15, -0.1) is 0 Å². The molecule has 1 N–H and O–H groups in total. The van der Waals surface area contributed by atoms with Crippen LogP contribution in [0, 0.1) is 0 Å². The summed E-state index contributed by atoms with van der Waals surface area (Å²) in [6.45, 7) is 1.10. The summed E-state index contributed by atoms with van der Waals surface area (Å²) in [5, 5.41) is 9.10. The summed E-state index contributed by atoms with van der Waals surface area (Å²) in [7, 11) is 0. The molecule has 0 saturated carbocycles. The third kappa shape index (κ3) is 2.88. The molecule has 0 spiro atoms. The highest BCUT2D eigenvalue weighted by molar-refractivity contribution is 5.83. The number of carbonyl (C=O) groups excluding carboxylic acids is 1. The fraction of sp³-hybridized carbons (Fsp3) is 0.583. The Hall–Kier alpha value is -1.85. The highest BCUT2D eigenvalue weighted by atomic mass is 16.4. The number of aliphatic carboxylic acids is 1. The lowest BCUT2D eigenvalue weighted by molar-refractivity contribution is -0.152. The minimum atomic E-state index is -0.898. The van der Waals surface area contributed by atoms with Gasteiger partial charge in [-0.1, -0.05) is 0 Å². The highest BCUT2D eigenvalue weighted by Crippen LogP contribution is 2.18. The van der Waals surface area contributed by atoms with Gasteiger partial charge in [0.2, 0.25) is 5.91 Å². The van der Waals surface area contributed by atoms with Crippen LogP contribution in [0.2, 0.25) is 0 Å². The number of hydrogen-bond acceptors (Lipinski definition) is 3. The summed E-state index contributed by atoms with van der Waals surface area (Å²) in [6.07, 6.45) is 7.75. The average Bonchev–Trinajstić information content (AvgIpc) is 2.89. The number of imidazole rings is 1. The highest BCUT2D eigenvalue weighted by Gasteiger charge is 2.31. The number of rotatable bonds is 4. The second-order valence-corrected chi connectivity index (χ2v) is 4.49. The van der Waals surface area contributed by atoms with Crippen LogP contribution < -0.4 is 0 Å². The van der Waals surface area contributed by atoms with E-state index in [1.54, 1.807) is 18.7 Å². The molecular formula is C12H17N3O3. The van der Waals surface area contributed by atoms with Crippen LogP contribution in [0.15, 0.2) is 18.7 Å². The number of aryl methyl sites for hydroxylation is 1. The molecule has 1 aromatic heterocycles. The van der Waals surface area contributed by atoms with Crippen molar-refractivity contribution in [3.05, 3.63) is 18.7 Å². The van der Waals surface area contributed by atoms with E-state index in [0.29, 0.717) is 25.9 Å². The molecule has 2 rings (SSSR count). The van der Waals surface area contributed by atoms with Crippen molar-refractivity contribution in [2.75, 3.05) is 6.54 Å². The Morgan fingerprint density at radius 1 is 1.39 bits per heavy atom. The zero-order valence-electron chi connectivity index (χ0n) is 10.2. The SMILES string of the molecule is O=C(O)[C@@H]1CCCCN1C(=O)CCn1ccnc1. The quantitative estimate of drug-likeness (QED) is 0.856. The normalized spacial score (nSPS) is 19.8. The van der Waals surface area contributed by atoms with E-state index in [1.807, 2.05) is 4.57 Å². The topological polar surface area (TPSA) is 75.4 Å². The Labute approximate surface area is 105 Å². The van der Waals surface area contributed by atoms with Crippen molar-refractivity contribution in [1.29, 1.82) is 0 Å². The smallest absolute Gasteiger partial charge is 0.326 e. The number of hydrogen-bond donors (Lipinski definition) is 1. The molecule has 18 heavy (non-hydrogen) atoms. The molecule has 0 bridgehead atoms. The second kappa shape index (κ2) is 5.66. The molecule has 2 heterocycles. The average molecular weight is 251 g/mol. The number of carboxylic acids is 1. The summed E-state index contributed by atoms with van der Waals surface area (Å²) >= 11 is 0. The van der Waals surface area contributed by atoms with Crippen molar-refractivity contribution in [3.8, 4) is 0 Å². The molecule has 1 aliphatic heterocycles. The predicted octanol–water partition coefficient (Wildman–Crippen LogP) is 0.739. The van der Waals surface area contributed by atoms with Crippen LogP contribution in [0.1, 0.15) is 25.7 Å².